The van der Waals surface area contributed by atoms with Gasteiger partial charge in [0.05, 0.1) is 11.6 Å². The van der Waals surface area contributed by atoms with Crippen molar-refractivity contribution in [2.24, 2.45) is 0 Å². The molecule has 1 atom stereocenters. The summed E-state index contributed by atoms with van der Waals surface area (Å²) in [4.78, 5) is 12.6. The first kappa shape index (κ1) is 10.2. The molecule has 0 aliphatic carbocycles. The van der Waals surface area contributed by atoms with Crippen molar-refractivity contribution in [3.05, 3.63) is 28.3 Å². The molecule has 1 unspecified atom stereocenters. The van der Waals surface area contributed by atoms with Crippen molar-refractivity contribution in [2.75, 3.05) is 0 Å². The van der Waals surface area contributed by atoms with E-state index >= 15 is 0 Å². The Morgan fingerprint density at radius 1 is 1.40 bits per heavy atom. The largest absolute Gasteiger partial charge is 0.389 e. The standard InChI is InChI=1S/C10H11N3OS/c1-6-8(7(2)14)3-11-10(13-6)9-4-15-5-12-9/h3-5,7,14H,1-2H3. The zero-order chi connectivity index (χ0) is 10.8. The first-order valence-electron chi connectivity index (χ1n) is 4.58. The van der Waals surface area contributed by atoms with Crippen LogP contribution in [0.2, 0.25) is 0 Å². The van der Waals surface area contributed by atoms with Gasteiger partial charge in [-0.15, -0.1) is 11.3 Å². The maximum atomic E-state index is 9.43. The second kappa shape index (κ2) is 4.04. The quantitative estimate of drug-likeness (QED) is 0.842. The highest BCUT2D eigenvalue weighted by Gasteiger charge is 2.09. The third-order valence-electron chi connectivity index (χ3n) is 2.13. The number of hydrogen-bond acceptors (Lipinski definition) is 5. The minimum atomic E-state index is -0.533. The molecule has 15 heavy (non-hydrogen) atoms. The fourth-order valence-corrected chi connectivity index (χ4v) is 1.86. The van der Waals surface area contributed by atoms with Crippen LogP contribution in [-0.4, -0.2) is 20.1 Å². The van der Waals surface area contributed by atoms with Gasteiger partial charge in [-0.25, -0.2) is 15.0 Å². The predicted molar refractivity (Wildman–Crippen MR) is 58.5 cm³/mol. The molecule has 2 aromatic rings. The Morgan fingerprint density at radius 2 is 2.20 bits per heavy atom. The highest BCUT2D eigenvalue weighted by Crippen LogP contribution is 2.19. The van der Waals surface area contributed by atoms with Crippen molar-refractivity contribution in [1.29, 1.82) is 0 Å². The van der Waals surface area contributed by atoms with Crippen LogP contribution in [0, 0.1) is 6.92 Å². The van der Waals surface area contributed by atoms with E-state index in [1.54, 1.807) is 18.6 Å². The summed E-state index contributed by atoms with van der Waals surface area (Å²) in [5, 5.41) is 11.3. The lowest BCUT2D eigenvalue weighted by Crippen LogP contribution is -2.01. The van der Waals surface area contributed by atoms with E-state index in [4.69, 9.17) is 0 Å². The van der Waals surface area contributed by atoms with Gasteiger partial charge < -0.3 is 5.11 Å². The normalized spacial score (nSPS) is 12.7. The summed E-state index contributed by atoms with van der Waals surface area (Å²) in [6, 6.07) is 0. The molecule has 4 nitrogen and oxygen atoms in total. The van der Waals surface area contributed by atoms with E-state index in [1.165, 1.54) is 11.3 Å². The average molecular weight is 221 g/mol. The van der Waals surface area contributed by atoms with Crippen molar-refractivity contribution in [3.8, 4) is 11.5 Å². The summed E-state index contributed by atoms with van der Waals surface area (Å²) in [5.41, 5.74) is 4.08. The van der Waals surface area contributed by atoms with Crippen molar-refractivity contribution in [2.45, 2.75) is 20.0 Å². The lowest BCUT2D eigenvalue weighted by Gasteiger charge is -2.07. The summed E-state index contributed by atoms with van der Waals surface area (Å²) >= 11 is 1.51. The third kappa shape index (κ3) is 2.03. The third-order valence-corrected chi connectivity index (χ3v) is 2.72. The van der Waals surface area contributed by atoms with Crippen LogP contribution in [0.15, 0.2) is 17.1 Å². The van der Waals surface area contributed by atoms with Gasteiger partial charge in [-0.3, -0.25) is 0 Å². The van der Waals surface area contributed by atoms with Gasteiger partial charge >= 0.3 is 0 Å². The monoisotopic (exact) mass is 221 g/mol. The van der Waals surface area contributed by atoms with Crippen LogP contribution in [0.4, 0.5) is 0 Å². The van der Waals surface area contributed by atoms with Gasteiger partial charge in [0.15, 0.2) is 5.82 Å². The SMILES string of the molecule is Cc1nc(-c2cscn2)ncc1C(C)O. The topological polar surface area (TPSA) is 58.9 Å². The lowest BCUT2D eigenvalue weighted by molar-refractivity contribution is 0.197. The highest BCUT2D eigenvalue weighted by molar-refractivity contribution is 7.07. The number of rotatable bonds is 2. The maximum Gasteiger partial charge on any atom is 0.179 e. The first-order chi connectivity index (χ1) is 7.18. The molecule has 1 N–H and O–H groups in total. The summed E-state index contributed by atoms with van der Waals surface area (Å²) < 4.78 is 0. The van der Waals surface area contributed by atoms with Crippen LogP contribution in [-0.2, 0) is 0 Å². The molecule has 2 aromatic heterocycles. The fourth-order valence-electron chi connectivity index (χ4n) is 1.33. The molecule has 5 heteroatoms. The number of aliphatic hydroxyl groups is 1. The number of aromatic nitrogens is 3. The Labute approximate surface area is 91.7 Å². The molecule has 0 spiro atoms. The minimum absolute atomic E-state index is 0.533. The second-order valence-electron chi connectivity index (χ2n) is 3.28. The first-order valence-corrected chi connectivity index (χ1v) is 5.53. The molecule has 0 radical (unpaired) electrons. The van der Waals surface area contributed by atoms with Crippen molar-refractivity contribution in [3.63, 3.8) is 0 Å². The van der Waals surface area contributed by atoms with Gasteiger partial charge in [-0.05, 0) is 13.8 Å². The number of nitrogens with zero attached hydrogens (tertiary/aromatic N) is 3. The van der Waals surface area contributed by atoms with Gasteiger partial charge in [0, 0.05) is 22.8 Å². The van der Waals surface area contributed by atoms with Crippen molar-refractivity contribution in [1.82, 2.24) is 15.0 Å². The van der Waals surface area contributed by atoms with Crippen molar-refractivity contribution < 1.29 is 5.11 Å². The summed E-state index contributed by atoms with van der Waals surface area (Å²) in [6.07, 6.45) is 1.12. The van der Waals surface area contributed by atoms with E-state index in [2.05, 4.69) is 15.0 Å². The van der Waals surface area contributed by atoms with E-state index in [0.717, 1.165) is 17.0 Å². The summed E-state index contributed by atoms with van der Waals surface area (Å²) in [6.45, 7) is 3.56. The molecule has 0 aliphatic rings. The van der Waals surface area contributed by atoms with E-state index in [9.17, 15) is 5.11 Å². The molecule has 2 rings (SSSR count). The van der Waals surface area contributed by atoms with Crippen LogP contribution in [0.25, 0.3) is 11.5 Å². The molecule has 0 fully saturated rings. The van der Waals surface area contributed by atoms with E-state index in [1.807, 2.05) is 12.3 Å². The van der Waals surface area contributed by atoms with Gasteiger partial charge in [0.1, 0.15) is 5.69 Å². The van der Waals surface area contributed by atoms with Crippen LogP contribution in [0.5, 0.6) is 0 Å². The molecule has 2 heterocycles. The fraction of sp³-hybridized carbons (Fsp3) is 0.300. The van der Waals surface area contributed by atoms with E-state index < -0.39 is 6.10 Å². The van der Waals surface area contributed by atoms with Crippen LogP contribution in [0.1, 0.15) is 24.3 Å². The molecule has 78 valence electrons. The zero-order valence-electron chi connectivity index (χ0n) is 8.51. The number of aryl methyl sites for hydroxylation is 1. The minimum Gasteiger partial charge on any atom is -0.389 e. The molecule has 0 saturated heterocycles. The van der Waals surface area contributed by atoms with Crippen LogP contribution < -0.4 is 0 Å². The molecule has 0 saturated carbocycles. The smallest absolute Gasteiger partial charge is 0.179 e. The molecule has 0 bridgehead atoms. The molecule has 0 aromatic carbocycles. The molecule has 0 aliphatic heterocycles. The van der Waals surface area contributed by atoms with Crippen molar-refractivity contribution >= 4 is 11.3 Å². The average Bonchev–Trinajstić information content (AvgIpc) is 2.69. The maximum absolute atomic E-state index is 9.43. The van der Waals surface area contributed by atoms with E-state index in [-0.39, 0.29) is 0 Å². The van der Waals surface area contributed by atoms with Gasteiger partial charge in [0.2, 0.25) is 0 Å². The Kier molecular flexibility index (Phi) is 2.75. The Hall–Kier alpha value is -1.33. The van der Waals surface area contributed by atoms with Gasteiger partial charge in [-0.2, -0.15) is 0 Å². The number of aliphatic hydroxyl groups excluding tert-OH is 1. The number of hydrogen-bond donors (Lipinski definition) is 1. The molecular formula is C10H11N3OS. The molecule has 0 amide bonds. The number of thiazole rings is 1. The lowest BCUT2D eigenvalue weighted by atomic mass is 10.1. The Balaban J connectivity index is 2.42. The zero-order valence-corrected chi connectivity index (χ0v) is 9.32. The second-order valence-corrected chi connectivity index (χ2v) is 4.00. The van der Waals surface area contributed by atoms with E-state index in [0.29, 0.717) is 5.82 Å². The highest BCUT2D eigenvalue weighted by atomic mass is 32.1. The Morgan fingerprint density at radius 3 is 2.73 bits per heavy atom. The Bertz CT molecular complexity index is 454. The van der Waals surface area contributed by atoms with Crippen LogP contribution >= 0.6 is 11.3 Å². The summed E-state index contributed by atoms with van der Waals surface area (Å²) in [5.74, 6) is 0.609. The summed E-state index contributed by atoms with van der Waals surface area (Å²) in [7, 11) is 0. The van der Waals surface area contributed by atoms with Gasteiger partial charge in [-0.1, -0.05) is 0 Å². The predicted octanol–water partition coefficient (Wildman–Crippen LogP) is 1.96. The molecular weight excluding hydrogens is 210 g/mol. The van der Waals surface area contributed by atoms with Crippen LogP contribution in [0.3, 0.4) is 0 Å². The van der Waals surface area contributed by atoms with Gasteiger partial charge in [0.25, 0.3) is 0 Å².